The molecule has 0 radical (unpaired) electrons. The van der Waals surface area contributed by atoms with Gasteiger partial charge in [-0.2, -0.15) is 0 Å². The Labute approximate surface area is 102 Å². The molecule has 0 heterocycles. The molecule has 0 amide bonds. The zero-order chi connectivity index (χ0) is 13.2. The number of hydrogen-bond acceptors (Lipinski definition) is 3. The van der Waals surface area contributed by atoms with E-state index < -0.39 is 11.4 Å². The molecular weight excluding hydrogens is 220 g/mol. The van der Waals surface area contributed by atoms with Gasteiger partial charge >= 0.3 is 11.9 Å². The quantitative estimate of drug-likeness (QED) is 0.607. The number of carbonyl (C=O) groups is 2. The number of carbonyl (C=O) groups excluding carboxylic acids is 1. The molecule has 0 fully saturated rings. The molecule has 3 unspecified atom stereocenters. The average molecular weight is 240 g/mol. The van der Waals surface area contributed by atoms with Crippen LogP contribution >= 0.6 is 0 Å². The monoisotopic (exact) mass is 240 g/mol. The second kappa shape index (κ2) is 4.90. The molecule has 3 atom stereocenters. The van der Waals surface area contributed by atoms with Gasteiger partial charge in [0.2, 0.25) is 0 Å². The van der Waals surface area contributed by atoms with Crippen LogP contribution in [0, 0.1) is 17.3 Å². The Morgan fingerprint density at radius 2 is 2.06 bits per heavy atom. The summed E-state index contributed by atoms with van der Waals surface area (Å²) in [4.78, 5) is 22.9. The standard InChI is InChI=1S/C13H20O4/c1-8(2)17-11(14)10-5-6-13(4,12(15)16)9(3)7-10/h5-6,8-10H,7H2,1-4H3,(H,15,16). The van der Waals surface area contributed by atoms with E-state index in [2.05, 4.69) is 0 Å². The first kappa shape index (κ1) is 13.7. The number of carboxylic acids is 1. The van der Waals surface area contributed by atoms with E-state index in [1.165, 1.54) is 0 Å². The summed E-state index contributed by atoms with van der Waals surface area (Å²) in [5.74, 6) is -1.53. The number of esters is 1. The van der Waals surface area contributed by atoms with Crippen molar-refractivity contribution in [1.82, 2.24) is 0 Å². The molecule has 4 nitrogen and oxygen atoms in total. The number of hydrogen-bond donors (Lipinski definition) is 1. The van der Waals surface area contributed by atoms with E-state index in [-0.39, 0.29) is 23.9 Å². The SMILES string of the molecule is CC(C)OC(=O)C1C=CC(C)(C(=O)O)C(C)C1. The summed E-state index contributed by atoms with van der Waals surface area (Å²) in [5, 5.41) is 9.17. The van der Waals surface area contributed by atoms with Crippen molar-refractivity contribution in [2.45, 2.75) is 40.2 Å². The van der Waals surface area contributed by atoms with Crippen LogP contribution in [0.4, 0.5) is 0 Å². The zero-order valence-corrected chi connectivity index (χ0v) is 10.8. The third kappa shape index (κ3) is 2.87. The van der Waals surface area contributed by atoms with Gasteiger partial charge < -0.3 is 9.84 Å². The van der Waals surface area contributed by atoms with Crippen LogP contribution in [0.5, 0.6) is 0 Å². The molecule has 0 aromatic carbocycles. The highest BCUT2D eigenvalue weighted by atomic mass is 16.5. The van der Waals surface area contributed by atoms with Crippen LogP contribution in [0.2, 0.25) is 0 Å². The molecule has 0 saturated carbocycles. The molecule has 1 aliphatic carbocycles. The highest BCUT2D eigenvalue weighted by Crippen LogP contribution is 2.39. The van der Waals surface area contributed by atoms with Gasteiger partial charge in [0.1, 0.15) is 0 Å². The molecule has 0 bridgehead atoms. The maximum atomic E-state index is 11.7. The first-order valence-corrected chi connectivity index (χ1v) is 5.90. The third-order valence-electron chi connectivity index (χ3n) is 3.42. The van der Waals surface area contributed by atoms with Gasteiger partial charge in [-0.25, -0.2) is 0 Å². The molecular formula is C13H20O4. The third-order valence-corrected chi connectivity index (χ3v) is 3.42. The Balaban J connectivity index is 2.79. The number of ether oxygens (including phenoxy) is 1. The van der Waals surface area contributed by atoms with Crippen LogP contribution in [-0.2, 0) is 14.3 Å². The maximum absolute atomic E-state index is 11.7. The molecule has 0 saturated heterocycles. The summed E-state index contributed by atoms with van der Waals surface area (Å²) in [6.45, 7) is 7.14. The fraction of sp³-hybridized carbons (Fsp3) is 0.692. The minimum Gasteiger partial charge on any atom is -0.481 e. The van der Waals surface area contributed by atoms with Crippen molar-refractivity contribution in [3.63, 3.8) is 0 Å². The molecule has 4 heteroatoms. The van der Waals surface area contributed by atoms with Crippen LogP contribution in [0.3, 0.4) is 0 Å². The normalized spacial score (nSPS) is 32.5. The van der Waals surface area contributed by atoms with Crippen LogP contribution < -0.4 is 0 Å². The lowest BCUT2D eigenvalue weighted by Gasteiger charge is -2.34. The van der Waals surface area contributed by atoms with Gasteiger partial charge in [0.15, 0.2) is 0 Å². The average Bonchev–Trinajstić information content (AvgIpc) is 2.20. The molecule has 1 N–H and O–H groups in total. The zero-order valence-electron chi connectivity index (χ0n) is 10.8. The predicted molar refractivity (Wildman–Crippen MR) is 63.4 cm³/mol. The van der Waals surface area contributed by atoms with E-state index in [1.807, 2.05) is 6.92 Å². The van der Waals surface area contributed by atoms with Crippen molar-refractivity contribution in [3.8, 4) is 0 Å². The van der Waals surface area contributed by atoms with Crippen molar-refractivity contribution in [1.29, 1.82) is 0 Å². The van der Waals surface area contributed by atoms with Crippen molar-refractivity contribution in [2.75, 3.05) is 0 Å². The number of aliphatic carboxylic acids is 1. The Hall–Kier alpha value is -1.32. The van der Waals surface area contributed by atoms with Gasteiger partial charge in [0.05, 0.1) is 17.4 Å². The first-order chi connectivity index (χ1) is 7.77. The number of rotatable bonds is 3. The van der Waals surface area contributed by atoms with E-state index in [4.69, 9.17) is 4.74 Å². The summed E-state index contributed by atoms with van der Waals surface area (Å²) in [6.07, 6.45) is 3.67. The van der Waals surface area contributed by atoms with Gasteiger partial charge in [-0.3, -0.25) is 9.59 Å². The van der Waals surface area contributed by atoms with Gasteiger partial charge in [0, 0.05) is 0 Å². The molecule has 96 valence electrons. The van der Waals surface area contributed by atoms with Gasteiger partial charge in [-0.05, 0) is 33.1 Å². The topological polar surface area (TPSA) is 63.6 Å². The van der Waals surface area contributed by atoms with Gasteiger partial charge in [-0.15, -0.1) is 0 Å². The fourth-order valence-electron chi connectivity index (χ4n) is 1.96. The van der Waals surface area contributed by atoms with E-state index in [0.717, 1.165) is 0 Å². The second-order valence-corrected chi connectivity index (χ2v) is 5.18. The fourth-order valence-corrected chi connectivity index (χ4v) is 1.96. The van der Waals surface area contributed by atoms with E-state index in [1.54, 1.807) is 32.9 Å². The predicted octanol–water partition coefficient (Wildman–Crippen LogP) is 2.24. The Morgan fingerprint density at radius 1 is 1.47 bits per heavy atom. The summed E-state index contributed by atoms with van der Waals surface area (Å²) < 4.78 is 5.13. The molecule has 17 heavy (non-hydrogen) atoms. The smallest absolute Gasteiger partial charge is 0.313 e. The molecule has 1 aliphatic rings. The largest absolute Gasteiger partial charge is 0.481 e. The lowest BCUT2D eigenvalue weighted by Crippen LogP contribution is -2.38. The van der Waals surface area contributed by atoms with Crippen LogP contribution in [0.1, 0.15) is 34.1 Å². The van der Waals surface area contributed by atoms with Gasteiger partial charge in [-0.1, -0.05) is 19.1 Å². The Morgan fingerprint density at radius 3 is 2.47 bits per heavy atom. The highest BCUT2D eigenvalue weighted by Gasteiger charge is 2.41. The van der Waals surface area contributed by atoms with Crippen molar-refractivity contribution < 1.29 is 19.4 Å². The van der Waals surface area contributed by atoms with Gasteiger partial charge in [0.25, 0.3) is 0 Å². The Bertz CT molecular complexity index is 345. The van der Waals surface area contributed by atoms with E-state index in [9.17, 15) is 14.7 Å². The maximum Gasteiger partial charge on any atom is 0.313 e. The van der Waals surface area contributed by atoms with Crippen molar-refractivity contribution in [3.05, 3.63) is 12.2 Å². The molecule has 0 spiro atoms. The van der Waals surface area contributed by atoms with Crippen molar-refractivity contribution >= 4 is 11.9 Å². The lowest BCUT2D eigenvalue weighted by molar-refractivity contribution is -0.155. The minimum absolute atomic E-state index is 0.0882. The highest BCUT2D eigenvalue weighted by molar-refractivity contribution is 5.80. The summed E-state index contributed by atoms with van der Waals surface area (Å²) >= 11 is 0. The molecule has 0 aromatic heterocycles. The Kier molecular flexibility index (Phi) is 3.96. The second-order valence-electron chi connectivity index (χ2n) is 5.18. The summed E-state index contributed by atoms with van der Waals surface area (Å²) in [5.41, 5.74) is -0.880. The molecule has 1 rings (SSSR count). The number of carboxylic acid groups (broad SMARTS) is 1. The first-order valence-electron chi connectivity index (χ1n) is 5.90. The van der Waals surface area contributed by atoms with Crippen molar-refractivity contribution in [2.24, 2.45) is 17.3 Å². The van der Waals surface area contributed by atoms with Crippen LogP contribution in [0.15, 0.2) is 12.2 Å². The lowest BCUT2D eigenvalue weighted by atomic mass is 9.69. The summed E-state index contributed by atoms with van der Waals surface area (Å²) in [7, 11) is 0. The van der Waals surface area contributed by atoms with E-state index >= 15 is 0 Å². The van der Waals surface area contributed by atoms with Crippen LogP contribution in [0.25, 0.3) is 0 Å². The van der Waals surface area contributed by atoms with Crippen LogP contribution in [-0.4, -0.2) is 23.1 Å². The minimum atomic E-state index is -0.880. The molecule has 0 aromatic rings. The molecule has 0 aliphatic heterocycles. The summed E-state index contributed by atoms with van der Waals surface area (Å²) in [6, 6.07) is 0. The van der Waals surface area contributed by atoms with E-state index in [0.29, 0.717) is 6.42 Å².